The van der Waals surface area contributed by atoms with E-state index in [1.54, 1.807) is 0 Å². The molecule has 5 nitrogen and oxygen atoms in total. The van der Waals surface area contributed by atoms with Gasteiger partial charge in [0.1, 0.15) is 5.65 Å². The molecule has 2 aromatic heterocycles. The van der Waals surface area contributed by atoms with Crippen molar-refractivity contribution in [2.45, 2.75) is 13.3 Å². The highest BCUT2D eigenvalue weighted by Crippen LogP contribution is 2.09. The van der Waals surface area contributed by atoms with Gasteiger partial charge in [0.15, 0.2) is 0 Å². The summed E-state index contributed by atoms with van der Waals surface area (Å²) in [6.07, 6.45) is 5.60. The third-order valence-electron chi connectivity index (χ3n) is 2.47. The normalized spacial score (nSPS) is 12.1. The molecular weight excluding hydrogens is 238 g/mol. The van der Waals surface area contributed by atoms with Crippen LogP contribution in [0, 0.1) is 6.92 Å². The van der Waals surface area contributed by atoms with Crippen molar-refractivity contribution in [1.29, 1.82) is 0 Å². The summed E-state index contributed by atoms with van der Waals surface area (Å²) >= 11 is 0. The molecule has 2 heterocycles. The van der Waals surface area contributed by atoms with Gasteiger partial charge in [0.2, 0.25) is 10.0 Å². The van der Waals surface area contributed by atoms with Crippen molar-refractivity contribution in [2.75, 3.05) is 12.8 Å². The van der Waals surface area contributed by atoms with E-state index in [1.165, 1.54) is 0 Å². The summed E-state index contributed by atoms with van der Waals surface area (Å²) in [5.41, 5.74) is 2.91. The van der Waals surface area contributed by atoms with Crippen molar-refractivity contribution in [3.05, 3.63) is 35.8 Å². The molecule has 0 spiro atoms. The van der Waals surface area contributed by atoms with E-state index in [1.807, 2.05) is 35.9 Å². The van der Waals surface area contributed by atoms with Crippen molar-refractivity contribution >= 4 is 15.7 Å². The Morgan fingerprint density at radius 3 is 2.88 bits per heavy atom. The Bertz CT molecular complexity index is 631. The first kappa shape index (κ1) is 12.1. The van der Waals surface area contributed by atoms with Gasteiger partial charge in [-0.2, -0.15) is 0 Å². The summed E-state index contributed by atoms with van der Waals surface area (Å²) in [6, 6.07) is 3.96. The molecule has 0 bridgehead atoms. The number of aromatic nitrogens is 2. The smallest absolute Gasteiger partial charge is 0.208 e. The van der Waals surface area contributed by atoms with Crippen LogP contribution in [-0.4, -0.2) is 30.6 Å². The highest BCUT2D eigenvalue weighted by molar-refractivity contribution is 7.88. The average Bonchev–Trinajstić information content (AvgIpc) is 2.60. The standard InChI is InChI=1S/C11H15N3O2S/c1-9-4-3-7-14-8-10(13-11(9)14)5-6-12-17(2,15)16/h3-4,7-8,12H,5-6H2,1-2H3. The minimum atomic E-state index is -3.12. The lowest BCUT2D eigenvalue weighted by atomic mass is 10.3. The molecule has 17 heavy (non-hydrogen) atoms. The Labute approximate surface area is 101 Å². The van der Waals surface area contributed by atoms with E-state index in [-0.39, 0.29) is 0 Å². The van der Waals surface area contributed by atoms with Crippen LogP contribution in [0.3, 0.4) is 0 Å². The number of nitrogens with one attached hydrogen (secondary N) is 1. The summed E-state index contributed by atoms with van der Waals surface area (Å²) in [6.45, 7) is 2.38. The van der Waals surface area contributed by atoms with Crippen LogP contribution in [0.4, 0.5) is 0 Å². The quantitative estimate of drug-likeness (QED) is 0.874. The van der Waals surface area contributed by atoms with Crippen molar-refractivity contribution in [3.8, 4) is 0 Å². The van der Waals surface area contributed by atoms with Gasteiger partial charge in [0.25, 0.3) is 0 Å². The number of aryl methyl sites for hydroxylation is 1. The maximum absolute atomic E-state index is 10.9. The predicted octanol–water partition coefficient (Wildman–Crippen LogP) is 0.734. The van der Waals surface area contributed by atoms with Gasteiger partial charge >= 0.3 is 0 Å². The fourth-order valence-electron chi connectivity index (χ4n) is 1.69. The van der Waals surface area contributed by atoms with Gasteiger partial charge in [-0.3, -0.25) is 0 Å². The van der Waals surface area contributed by atoms with E-state index in [0.29, 0.717) is 13.0 Å². The predicted molar refractivity (Wildman–Crippen MR) is 66.5 cm³/mol. The largest absolute Gasteiger partial charge is 0.307 e. The Kier molecular flexibility index (Phi) is 3.17. The molecule has 1 N–H and O–H groups in total. The number of fused-ring (bicyclic) bond motifs is 1. The van der Waals surface area contributed by atoms with E-state index < -0.39 is 10.0 Å². The molecule has 0 saturated heterocycles. The van der Waals surface area contributed by atoms with Crippen molar-refractivity contribution in [3.63, 3.8) is 0 Å². The van der Waals surface area contributed by atoms with Crippen molar-refractivity contribution in [2.24, 2.45) is 0 Å². The lowest BCUT2D eigenvalue weighted by molar-refractivity contribution is 0.587. The molecule has 0 amide bonds. The van der Waals surface area contributed by atoms with Gasteiger partial charge in [-0.05, 0) is 18.6 Å². The van der Waals surface area contributed by atoms with Gasteiger partial charge in [-0.15, -0.1) is 0 Å². The molecule has 0 fully saturated rings. The summed E-state index contributed by atoms with van der Waals surface area (Å²) in [4.78, 5) is 4.46. The van der Waals surface area contributed by atoms with Crippen molar-refractivity contribution < 1.29 is 8.42 Å². The first-order valence-corrected chi connectivity index (χ1v) is 7.23. The fraction of sp³-hybridized carbons (Fsp3) is 0.364. The molecule has 0 aliphatic heterocycles. The number of hydrogen-bond donors (Lipinski definition) is 1. The van der Waals surface area contributed by atoms with Crippen LogP contribution in [0.1, 0.15) is 11.3 Å². The van der Waals surface area contributed by atoms with Gasteiger partial charge in [-0.1, -0.05) is 6.07 Å². The molecule has 0 unspecified atom stereocenters. The number of sulfonamides is 1. The second kappa shape index (κ2) is 4.46. The van der Waals surface area contributed by atoms with Crippen LogP contribution in [0.15, 0.2) is 24.5 Å². The Morgan fingerprint density at radius 2 is 2.24 bits per heavy atom. The third kappa shape index (κ3) is 3.04. The van der Waals surface area contributed by atoms with Crippen LogP contribution in [0.25, 0.3) is 5.65 Å². The molecule has 2 rings (SSSR count). The van der Waals surface area contributed by atoms with Crippen molar-refractivity contribution in [1.82, 2.24) is 14.1 Å². The van der Waals surface area contributed by atoms with Crippen LogP contribution in [0.2, 0.25) is 0 Å². The van der Waals surface area contributed by atoms with E-state index in [9.17, 15) is 8.42 Å². The monoisotopic (exact) mass is 253 g/mol. The average molecular weight is 253 g/mol. The number of hydrogen-bond acceptors (Lipinski definition) is 3. The minimum Gasteiger partial charge on any atom is -0.307 e. The van der Waals surface area contributed by atoms with Gasteiger partial charge in [0, 0.05) is 25.4 Å². The molecule has 0 aliphatic rings. The molecule has 0 radical (unpaired) electrons. The van der Waals surface area contributed by atoms with Gasteiger partial charge < -0.3 is 4.40 Å². The zero-order chi connectivity index (χ0) is 12.5. The molecule has 0 saturated carbocycles. The lowest BCUT2D eigenvalue weighted by Crippen LogP contribution is -2.24. The second-order valence-electron chi connectivity index (χ2n) is 4.07. The fourth-order valence-corrected chi connectivity index (χ4v) is 2.16. The summed E-state index contributed by atoms with van der Waals surface area (Å²) in [5.74, 6) is 0. The number of pyridine rings is 1. The Hall–Kier alpha value is -1.40. The zero-order valence-corrected chi connectivity index (χ0v) is 10.7. The summed E-state index contributed by atoms with van der Waals surface area (Å²) in [7, 11) is -3.12. The second-order valence-corrected chi connectivity index (χ2v) is 5.90. The highest BCUT2D eigenvalue weighted by atomic mass is 32.2. The molecule has 0 aromatic carbocycles. The van der Waals surface area contributed by atoms with Gasteiger partial charge in [-0.25, -0.2) is 18.1 Å². The molecular formula is C11H15N3O2S. The van der Waals surface area contributed by atoms with E-state index >= 15 is 0 Å². The summed E-state index contributed by atoms with van der Waals surface area (Å²) in [5, 5.41) is 0. The molecule has 2 aromatic rings. The van der Waals surface area contributed by atoms with E-state index in [0.717, 1.165) is 23.2 Å². The maximum atomic E-state index is 10.9. The van der Waals surface area contributed by atoms with E-state index in [4.69, 9.17) is 0 Å². The molecule has 0 atom stereocenters. The van der Waals surface area contributed by atoms with Crippen LogP contribution >= 0.6 is 0 Å². The van der Waals surface area contributed by atoms with Crippen LogP contribution in [0.5, 0.6) is 0 Å². The number of nitrogens with zero attached hydrogens (tertiary/aromatic N) is 2. The van der Waals surface area contributed by atoms with E-state index in [2.05, 4.69) is 9.71 Å². The number of rotatable bonds is 4. The zero-order valence-electron chi connectivity index (χ0n) is 9.84. The molecule has 92 valence electrons. The minimum absolute atomic E-state index is 0.377. The first-order valence-electron chi connectivity index (χ1n) is 5.33. The van der Waals surface area contributed by atoms with Crippen LogP contribution in [-0.2, 0) is 16.4 Å². The number of imidazole rings is 1. The molecule has 0 aliphatic carbocycles. The Balaban J connectivity index is 2.12. The SMILES string of the molecule is Cc1cccn2cc(CCNS(C)(=O)=O)nc12. The summed E-state index contributed by atoms with van der Waals surface area (Å²) < 4.78 is 26.2. The Morgan fingerprint density at radius 1 is 1.47 bits per heavy atom. The topological polar surface area (TPSA) is 63.5 Å². The maximum Gasteiger partial charge on any atom is 0.208 e. The molecule has 6 heteroatoms. The first-order chi connectivity index (χ1) is 7.96. The van der Waals surface area contributed by atoms with Gasteiger partial charge in [0.05, 0.1) is 11.9 Å². The third-order valence-corrected chi connectivity index (χ3v) is 3.20. The highest BCUT2D eigenvalue weighted by Gasteiger charge is 2.05. The lowest BCUT2D eigenvalue weighted by Gasteiger charge is -1.98. The van der Waals surface area contributed by atoms with Crippen LogP contribution < -0.4 is 4.72 Å².